The molecule has 0 aliphatic rings. The van der Waals surface area contributed by atoms with E-state index in [9.17, 15) is 5.11 Å². The van der Waals surface area contributed by atoms with Crippen LogP contribution in [-0.2, 0) is 0 Å². The highest BCUT2D eigenvalue weighted by Gasteiger charge is 2.08. The third kappa shape index (κ3) is 8.15. The summed E-state index contributed by atoms with van der Waals surface area (Å²) >= 11 is 0. The molecule has 1 atom stereocenters. The number of rotatable bonds is 8. The molecule has 0 aromatic carbocycles. The molecule has 0 saturated carbocycles. The SMILES string of the molecule is C/C=C\CCN(CC)CC(O)CN=CN. The van der Waals surface area contributed by atoms with Crippen molar-refractivity contribution in [1.29, 1.82) is 0 Å². The Hall–Kier alpha value is -0.870. The summed E-state index contributed by atoms with van der Waals surface area (Å²) in [5.74, 6) is 0. The van der Waals surface area contributed by atoms with E-state index >= 15 is 0 Å². The minimum atomic E-state index is -0.421. The predicted molar refractivity (Wildman–Crippen MR) is 65.1 cm³/mol. The smallest absolute Gasteiger partial charge is 0.0862 e. The van der Waals surface area contributed by atoms with Crippen molar-refractivity contribution in [3.05, 3.63) is 12.2 Å². The summed E-state index contributed by atoms with van der Waals surface area (Å²) in [5, 5.41) is 9.61. The average Bonchev–Trinajstić information content (AvgIpc) is 2.25. The van der Waals surface area contributed by atoms with Gasteiger partial charge in [0, 0.05) is 13.1 Å². The van der Waals surface area contributed by atoms with Gasteiger partial charge in [0.25, 0.3) is 0 Å². The standard InChI is InChI=1S/C11H23N3O/c1-3-5-6-7-14(4-2)9-11(15)8-13-10-12/h3,5,10-11,15H,4,6-9H2,1-2H3,(H2,12,13)/b5-3-. The Morgan fingerprint density at radius 2 is 2.27 bits per heavy atom. The predicted octanol–water partition coefficient (Wildman–Crippen LogP) is 0.622. The monoisotopic (exact) mass is 213 g/mol. The van der Waals surface area contributed by atoms with Crippen LogP contribution in [0.2, 0.25) is 0 Å². The number of nitrogens with zero attached hydrogens (tertiary/aromatic N) is 2. The Bertz CT molecular complexity index is 192. The quantitative estimate of drug-likeness (QED) is 0.353. The largest absolute Gasteiger partial charge is 0.390 e. The Morgan fingerprint density at radius 3 is 2.80 bits per heavy atom. The maximum absolute atomic E-state index is 9.61. The lowest BCUT2D eigenvalue weighted by Crippen LogP contribution is -2.34. The summed E-state index contributed by atoms with van der Waals surface area (Å²) in [4.78, 5) is 6.02. The second-order valence-corrected chi connectivity index (χ2v) is 3.42. The molecular weight excluding hydrogens is 190 g/mol. The zero-order valence-corrected chi connectivity index (χ0v) is 9.76. The van der Waals surface area contributed by atoms with Crippen molar-refractivity contribution in [3.8, 4) is 0 Å². The molecule has 4 heteroatoms. The fraction of sp³-hybridized carbons (Fsp3) is 0.727. The molecule has 0 bridgehead atoms. The Morgan fingerprint density at radius 1 is 1.53 bits per heavy atom. The number of hydrogen-bond acceptors (Lipinski definition) is 3. The lowest BCUT2D eigenvalue weighted by atomic mass is 10.3. The van der Waals surface area contributed by atoms with Crippen LogP contribution < -0.4 is 5.73 Å². The molecule has 4 nitrogen and oxygen atoms in total. The third-order valence-corrected chi connectivity index (χ3v) is 2.19. The first-order valence-corrected chi connectivity index (χ1v) is 5.46. The van der Waals surface area contributed by atoms with Gasteiger partial charge in [-0.2, -0.15) is 0 Å². The van der Waals surface area contributed by atoms with E-state index in [-0.39, 0.29) is 0 Å². The van der Waals surface area contributed by atoms with E-state index in [0.29, 0.717) is 13.1 Å². The molecular formula is C11H23N3O. The number of aliphatic hydroxyl groups excluding tert-OH is 1. The van der Waals surface area contributed by atoms with Gasteiger partial charge in [-0.25, -0.2) is 0 Å². The lowest BCUT2D eigenvalue weighted by Gasteiger charge is -2.22. The molecule has 0 radical (unpaired) electrons. The minimum absolute atomic E-state index is 0.386. The first-order valence-electron chi connectivity index (χ1n) is 5.46. The van der Waals surface area contributed by atoms with Gasteiger partial charge in [0.2, 0.25) is 0 Å². The van der Waals surface area contributed by atoms with Crippen molar-refractivity contribution in [2.24, 2.45) is 10.7 Å². The fourth-order valence-corrected chi connectivity index (χ4v) is 1.34. The summed E-state index contributed by atoms with van der Waals surface area (Å²) in [6.45, 7) is 7.07. The molecule has 0 aliphatic carbocycles. The van der Waals surface area contributed by atoms with Gasteiger partial charge in [-0.3, -0.25) is 4.99 Å². The summed E-state index contributed by atoms with van der Waals surface area (Å²) < 4.78 is 0. The van der Waals surface area contributed by atoms with Crippen LogP contribution in [0.3, 0.4) is 0 Å². The van der Waals surface area contributed by atoms with Gasteiger partial charge < -0.3 is 15.7 Å². The molecule has 0 rings (SSSR count). The van der Waals surface area contributed by atoms with E-state index in [2.05, 4.69) is 22.9 Å². The van der Waals surface area contributed by atoms with Crippen LogP contribution in [0.5, 0.6) is 0 Å². The van der Waals surface area contributed by atoms with Gasteiger partial charge in [0.15, 0.2) is 0 Å². The van der Waals surface area contributed by atoms with E-state index in [1.165, 1.54) is 6.34 Å². The molecule has 0 saturated heterocycles. The number of aliphatic imine (C=N–C) groups is 1. The normalized spacial score (nSPS) is 14.4. The molecule has 0 heterocycles. The van der Waals surface area contributed by atoms with E-state index in [1.807, 2.05) is 13.0 Å². The average molecular weight is 213 g/mol. The maximum atomic E-state index is 9.61. The molecule has 3 N–H and O–H groups in total. The first-order chi connectivity index (χ1) is 7.24. The Balaban J connectivity index is 3.76. The van der Waals surface area contributed by atoms with Gasteiger partial charge in [-0.05, 0) is 19.9 Å². The van der Waals surface area contributed by atoms with Crippen molar-refractivity contribution in [2.75, 3.05) is 26.2 Å². The van der Waals surface area contributed by atoms with Gasteiger partial charge in [-0.15, -0.1) is 0 Å². The van der Waals surface area contributed by atoms with Gasteiger partial charge in [0.05, 0.1) is 19.0 Å². The van der Waals surface area contributed by atoms with E-state index in [0.717, 1.165) is 19.5 Å². The van der Waals surface area contributed by atoms with Gasteiger partial charge in [-0.1, -0.05) is 19.1 Å². The highest BCUT2D eigenvalue weighted by Crippen LogP contribution is 1.96. The molecule has 0 spiro atoms. The van der Waals surface area contributed by atoms with Crippen molar-refractivity contribution in [2.45, 2.75) is 26.4 Å². The summed E-state index contributed by atoms with van der Waals surface area (Å²) in [6, 6.07) is 0. The van der Waals surface area contributed by atoms with E-state index < -0.39 is 6.10 Å². The van der Waals surface area contributed by atoms with Crippen LogP contribution in [0.4, 0.5) is 0 Å². The first kappa shape index (κ1) is 14.1. The van der Waals surface area contributed by atoms with Crippen LogP contribution in [0.1, 0.15) is 20.3 Å². The molecule has 0 aliphatic heterocycles. The Kier molecular flexibility index (Phi) is 9.11. The van der Waals surface area contributed by atoms with Crippen molar-refractivity contribution in [3.63, 3.8) is 0 Å². The second kappa shape index (κ2) is 9.68. The summed E-state index contributed by atoms with van der Waals surface area (Å²) in [5.41, 5.74) is 5.11. The van der Waals surface area contributed by atoms with Crippen LogP contribution in [0.25, 0.3) is 0 Å². The molecule has 1 unspecified atom stereocenters. The molecule has 0 aromatic rings. The van der Waals surface area contributed by atoms with E-state index in [4.69, 9.17) is 5.73 Å². The van der Waals surface area contributed by atoms with Crippen LogP contribution in [0.15, 0.2) is 17.1 Å². The fourth-order valence-electron chi connectivity index (χ4n) is 1.34. The van der Waals surface area contributed by atoms with Crippen LogP contribution in [-0.4, -0.2) is 48.6 Å². The van der Waals surface area contributed by atoms with Gasteiger partial charge >= 0.3 is 0 Å². The zero-order valence-electron chi connectivity index (χ0n) is 9.76. The lowest BCUT2D eigenvalue weighted by molar-refractivity contribution is 0.123. The minimum Gasteiger partial charge on any atom is -0.390 e. The number of aliphatic hydroxyl groups is 1. The third-order valence-electron chi connectivity index (χ3n) is 2.19. The summed E-state index contributed by atoms with van der Waals surface area (Å²) in [6.07, 6.45) is 6.02. The molecule has 0 amide bonds. The van der Waals surface area contributed by atoms with Crippen molar-refractivity contribution in [1.82, 2.24) is 4.90 Å². The van der Waals surface area contributed by atoms with Crippen molar-refractivity contribution < 1.29 is 5.11 Å². The molecule has 15 heavy (non-hydrogen) atoms. The summed E-state index contributed by atoms with van der Waals surface area (Å²) in [7, 11) is 0. The second-order valence-electron chi connectivity index (χ2n) is 3.42. The number of hydrogen-bond donors (Lipinski definition) is 2. The Labute approximate surface area is 92.5 Å². The topological polar surface area (TPSA) is 61.8 Å². The highest BCUT2D eigenvalue weighted by molar-refractivity contribution is 5.51. The van der Waals surface area contributed by atoms with Crippen molar-refractivity contribution >= 4 is 6.34 Å². The van der Waals surface area contributed by atoms with Crippen LogP contribution in [0, 0.1) is 0 Å². The van der Waals surface area contributed by atoms with E-state index in [1.54, 1.807) is 0 Å². The number of likely N-dealkylation sites (N-methyl/N-ethyl adjacent to an activating group) is 1. The molecule has 0 fully saturated rings. The van der Waals surface area contributed by atoms with Crippen LogP contribution >= 0.6 is 0 Å². The highest BCUT2D eigenvalue weighted by atomic mass is 16.3. The molecule has 0 aromatic heterocycles. The molecule has 88 valence electrons. The van der Waals surface area contributed by atoms with Gasteiger partial charge in [0.1, 0.15) is 0 Å². The zero-order chi connectivity index (χ0) is 11.5. The number of allylic oxidation sites excluding steroid dienone is 1. The number of nitrogens with two attached hydrogens (primary N) is 1. The maximum Gasteiger partial charge on any atom is 0.0862 e.